The molecule has 0 radical (unpaired) electrons. The third-order valence-corrected chi connectivity index (χ3v) is 5.41. The normalized spacial score (nSPS) is 20.2. The molecule has 0 bridgehead atoms. The fourth-order valence-corrected chi connectivity index (χ4v) is 3.82. The zero-order valence-electron chi connectivity index (χ0n) is 14.7. The Balaban J connectivity index is 1.32. The number of benzene rings is 2. The standard InChI is InChI=1S/C21H24N2O2/c1-16-6-2-3-8-18(16)15-22-10-12-23(13-11-22)21(24)20-14-17-7-4-5-9-19(17)25-20/h2-9,20H,10-15H2,1H3/p+1/t20-/m0/s1. The van der Waals surface area contributed by atoms with Crippen LogP contribution in [-0.4, -0.2) is 43.1 Å². The summed E-state index contributed by atoms with van der Waals surface area (Å²) in [6.07, 6.45) is 0.362. The maximum absolute atomic E-state index is 12.8. The monoisotopic (exact) mass is 337 g/mol. The summed E-state index contributed by atoms with van der Waals surface area (Å²) in [6.45, 7) is 6.84. The highest BCUT2D eigenvalue weighted by Crippen LogP contribution is 2.28. The van der Waals surface area contributed by atoms with Crippen LogP contribution in [0.5, 0.6) is 5.75 Å². The molecule has 1 amide bonds. The van der Waals surface area contributed by atoms with Crippen LogP contribution in [-0.2, 0) is 17.8 Å². The van der Waals surface area contributed by atoms with Crippen molar-refractivity contribution in [3.63, 3.8) is 0 Å². The highest BCUT2D eigenvalue weighted by molar-refractivity contribution is 5.82. The van der Waals surface area contributed by atoms with Gasteiger partial charge in [0.05, 0.1) is 26.2 Å². The maximum Gasteiger partial charge on any atom is 0.264 e. The molecule has 0 aliphatic carbocycles. The van der Waals surface area contributed by atoms with Crippen LogP contribution in [0.15, 0.2) is 48.5 Å². The predicted octanol–water partition coefficient (Wildman–Crippen LogP) is 1.23. The van der Waals surface area contributed by atoms with Gasteiger partial charge in [-0.25, -0.2) is 0 Å². The van der Waals surface area contributed by atoms with E-state index in [1.165, 1.54) is 11.1 Å². The number of fused-ring (bicyclic) bond motifs is 1. The van der Waals surface area contributed by atoms with Gasteiger partial charge in [0.25, 0.3) is 5.91 Å². The van der Waals surface area contributed by atoms with E-state index in [4.69, 9.17) is 4.74 Å². The van der Waals surface area contributed by atoms with Gasteiger partial charge in [-0.1, -0.05) is 42.5 Å². The van der Waals surface area contributed by atoms with Gasteiger partial charge in [0.1, 0.15) is 12.3 Å². The second kappa shape index (κ2) is 6.89. The maximum atomic E-state index is 12.8. The number of amides is 1. The molecule has 2 aliphatic heterocycles. The Hall–Kier alpha value is -2.33. The summed E-state index contributed by atoms with van der Waals surface area (Å²) in [5.41, 5.74) is 3.90. The Labute approximate surface area is 149 Å². The summed E-state index contributed by atoms with van der Waals surface area (Å²) in [7, 11) is 0. The number of hydrogen-bond acceptors (Lipinski definition) is 2. The Morgan fingerprint density at radius 3 is 2.60 bits per heavy atom. The molecule has 1 fully saturated rings. The van der Waals surface area contributed by atoms with Gasteiger partial charge in [-0.05, 0) is 24.1 Å². The summed E-state index contributed by atoms with van der Waals surface area (Å²) in [4.78, 5) is 16.3. The second-order valence-electron chi connectivity index (χ2n) is 7.10. The number of nitrogens with one attached hydrogen (secondary N) is 1. The summed E-state index contributed by atoms with van der Waals surface area (Å²) >= 11 is 0. The number of carbonyl (C=O) groups is 1. The number of aryl methyl sites for hydroxylation is 1. The molecule has 0 unspecified atom stereocenters. The Kier molecular flexibility index (Phi) is 4.45. The number of nitrogens with zero attached hydrogens (tertiary/aromatic N) is 1. The molecule has 0 spiro atoms. The molecule has 1 atom stereocenters. The largest absolute Gasteiger partial charge is 0.480 e. The minimum absolute atomic E-state index is 0.145. The number of carbonyl (C=O) groups excluding carboxylic acids is 1. The zero-order chi connectivity index (χ0) is 17.2. The van der Waals surface area contributed by atoms with Gasteiger partial charge in [0.2, 0.25) is 0 Å². The Bertz CT molecular complexity index is 741. The van der Waals surface area contributed by atoms with Crippen molar-refractivity contribution in [1.82, 2.24) is 4.90 Å². The summed E-state index contributed by atoms with van der Waals surface area (Å²) < 4.78 is 5.86. The SMILES string of the molecule is Cc1ccccc1C[NH+]1CCN(C(=O)[C@@H]2Cc3ccccc3O2)CC1. The molecular weight excluding hydrogens is 312 g/mol. The van der Waals surface area contributed by atoms with Crippen molar-refractivity contribution in [1.29, 1.82) is 0 Å². The lowest BCUT2D eigenvalue weighted by molar-refractivity contribution is -0.917. The number of rotatable bonds is 3. The molecule has 4 rings (SSSR count). The van der Waals surface area contributed by atoms with E-state index >= 15 is 0 Å². The van der Waals surface area contributed by atoms with E-state index in [9.17, 15) is 4.79 Å². The first-order valence-corrected chi connectivity index (χ1v) is 9.12. The van der Waals surface area contributed by atoms with Gasteiger partial charge in [-0.15, -0.1) is 0 Å². The first-order chi connectivity index (χ1) is 12.2. The molecule has 2 aromatic carbocycles. The highest BCUT2D eigenvalue weighted by atomic mass is 16.5. The van der Waals surface area contributed by atoms with Crippen molar-refractivity contribution in [2.75, 3.05) is 26.2 Å². The first-order valence-electron chi connectivity index (χ1n) is 9.12. The lowest BCUT2D eigenvalue weighted by Gasteiger charge is -2.33. The van der Waals surface area contributed by atoms with Gasteiger partial charge in [0, 0.05) is 12.0 Å². The molecule has 25 heavy (non-hydrogen) atoms. The predicted molar refractivity (Wildman–Crippen MR) is 96.7 cm³/mol. The quantitative estimate of drug-likeness (QED) is 0.914. The van der Waals surface area contributed by atoms with E-state index in [0.29, 0.717) is 6.42 Å². The van der Waals surface area contributed by atoms with E-state index in [1.54, 1.807) is 4.90 Å². The number of para-hydroxylation sites is 1. The highest BCUT2D eigenvalue weighted by Gasteiger charge is 2.34. The van der Waals surface area contributed by atoms with Gasteiger partial charge >= 0.3 is 0 Å². The summed E-state index contributed by atoms with van der Waals surface area (Å²) in [6, 6.07) is 16.5. The fourth-order valence-electron chi connectivity index (χ4n) is 3.82. The molecule has 1 saturated heterocycles. The van der Waals surface area contributed by atoms with E-state index in [-0.39, 0.29) is 12.0 Å². The molecule has 2 heterocycles. The minimum atomic E-state index is -0.338. The number of hydrogen-bond donors (Lipinski definition) is 1. The van der Waals surface area contributed by atoms with Crippen molar-refractivity contribution in [2.24, 2.45) is 0 Å². The van der Waals surface area contributed by atoms with Crippen LogP contribution >= 0.6 is 0 Å². The van der Waals surface area contributed by atoms with Crippen molar-refractivity contribution < 1.29 is 14.4 Å². The van der Waals surface area contributed by atoms with Crippen molar-refractivity contribution in [2.45, 2.75) is 26.0 Å². The van der Waals surface area contributed by atoms with E-state index in [1.807, 2.05) is 29.2 Å². The number of piperazine rings is 1. The molecule has 4 nitrogen and oxygen atoms in total. The third-order valence-electron chi connectivity index (χ3n) is 5.41. The smallest absolute Gasteiger partial charge is 0.264 e. The lowest BCUT2D eigenvalue weighted by atomic mass is 10.1. The minimum Gasteiger partial charge on any atom is -0.480 e. The van der Waals surface area contributed by atoms with Crippen LogP contribution in [0.2, 0.25) is 0 Å². The average Bonchev–Trinajstić information content (AvgIpc) is 3.08. The molecule has 0 saturated carbocycles. The number of ether oxygens (including phenoxy) is 1. The van der Waals surface area contributed by atoms with Crippen LogP contribution in [0.25, 0.3) is 0 Å². The molecule has 2 aliphatic rings. The van der Waals surface area contributed by atoms with Crippen LogP contribution in [0.4, 0.5) is 0 Å². The van der Waals surface area contributed by atoms with Gasteiger partial charge in [-0.2, -0.15) is 0 Å². The second-order valence-corrected chi connectivity index (χ2v) is 7.10. The molecule has 130 valence electrons. The topological polar surface area (TPSA) is 34.0 Å². The number of quaternary nitrogens is 1. The fraction of sp³-hybridized carbons (Fsp3) is 0.381. The molecular formula is C21H25N2O2+. The van der Waals surface area contributed by atoms with Crippen LogP contribution in [0, 0.1) is 6.92 Å². The Morgan fingerprint density at radius 1 is 1.12 bits per heavy atom. The van der Waals surface area contributed by atoms with Gasteiger partial charge in [-0.3, -0.25) is 4.79 Å². The van der Waals surface area contributed by atoms with Crippen molar-refractivity contribution >= 4 is 5.91 Å². The summed E-state index contributed by atoms with van der Waals surface area (Å²) in [5.74, 6) is 1.01. The lowest BCUT2D eigenvalue weighted by Crippen LogP contribution is -3.13. The van der Waals surface area contributed by atoms with Crippen molar-refractivity contribution in [3.05, 3.63) is 65.2 Å². The van der Waals surface area contributed by atoms with Crippen LogP contribution < -0.4 is 9.64 Å². The average molecular weight is 337 g/mol. The molecule has 2 aromatic rings. The molecule has 4 heteroatoms. The van der Waals surface area contributed by atoms with Crippen LogP contribution in [0.3, 0.4) is 0 Å². The molecule has 0 aromatic heterocycles. The summed E-state index contributed by atoms with van der Waals surface area (Å²) in [5, 5.41) is 0. The first kappa shape index (κ1) is 16.2. The van der Waals surface area contributed by atoms with E-state index in [0.717, 1.165) is 44.0 Å². The van der Waals surface area contributed by atoms with Crippen LogP contribution in [0.1, 0.15) is 16.7 Å². The zero-order valence-corrected chi connectivity index (χ0v) is 14.7. The Morgan fingerprint density at radius 2 is 1.84 bits per heavy atom. The van der Waals surface area contributed by atoms with E-state index < -0.39 is 0 Å². The third kappa shape index (κ3) is 3.40. The van der Waals surface area contributed by atoms with Gasteiger partial charge in [0.15, 0.2) is 6.10 Å². The van der Waals surface area contributed by atoms with Gasteiger partial charge < -0.3 is 14.5 Å². The molecule has 1 N–H and O–H groups in total. The van der Waals surface area contributed by atoms with E-state index in [2.05, 4.69) is 31.2 Å². The van der Waals surface area contributed by atoms with Crippen molar-refractivity contribution in [3.8, 4) is 5.75 Å².